The van der Waals surface area contributed by atoms with E-state index in [9.17, 15) is 10.2 Å². The molecule has 0 aliphatic carbocycles. The molecule has 0 saturated carbocycles. The molecule has 0 bridgehead atoms. The van der Waals surface area contributed by atoms with Crippen molar-refractivity contribution in [3.05, 3.63) is 25.3 Å². The number of ether oxygens (including phenoxy) is 2. The Balaban J connectivity index is 1.98. The zero-order valence-corrected chi connectivity index (χ0v) is 10.6. The smallest absolute Gasteiger partial charge is 0.0916 e. The van der Waals surface area contributed by atoms with Gasteiger partial charge in [0.1, 0.15) is 0 Å². The molecule has 18 heavy (non-hydrogen) atoms. The van der Waals surface area contributed by atoms with Crippen LogP contribution < -0.4 is 0 Å². The highest BCUT2D eigenvalue weighted by atomic mass is 16.6. The Bertz CT molecular complexity index is 274. The van der Waals surface area contributed by atoms with E-state index in [0.717, 1.165) is 0 Å². The number of aliphatic hydroxyl groups is 2. The molecule has 0 amide bonds. The topological polar surface area (TPSA) is 58.9 Å². The molecule has 2 rings (SSSR count). The monoisotopic (exact) mass is 254 g/mol. The quantitative estimate of drug-likeness (QED) is 0.691. The number of fused-ring (bicyclic) bond motifs is 1. The molecule has 2 fully saturated rings. The summed E-state index contributed by atoms with van der Waals surface area (Å²) in [7, 11) is 0. The van der Waals surface area contributed by atoms with E-state index < -0.39 is 12.2 Å². The van der Waals surface area contributed by atoms with Gasteiger partial charge in [0.15, 0.2) is 0 Å². The maximum Gasteiger partial charge on any atom is 0.0916 e. The molecule has 4 heteroatoms. The highest BCUT2D eigenvalue weighted by Crippen LogP contribution is 2.38. The summed E-state index contributed by atoms with van der Waals surface area (Å²) in [4.78, 5) is 0. The highest BCUT2D eigenvalue weighted by Gasteiger charge is 2.51. The summed E-state index contributed by atoms with van der Waals surface area (Å²) in [5.41, 5.74) is 0. The Morgan fingerprint density at radius 2 is 1.33 bits per heavy atom. The van der Waals surface area contributed by atoms with Gasteiger partial charge in [0.2, 0.25) is 0 Å². The fourth-order valence-corrected chi connectivity index (χ4v) is 2.91. The zero-order valence-electron chi connectivity index (χ0n) is 10.6. The van der Waals surface area contributed by atoms with E-state index in [-0.39, 0.29) is 24.0 Å². The first kappa shape index (κ1) is 13.7. The summed E-state index contributed by atoms with van der Waals surface area (Å²) in [5, 5.41) is 20.0. The third-order valence-corrected chi connectivity index (χ3v) is 3.93. The Hall–Kier alpha value is -0.680. The summed E-state index contributed by atoms with van der Waals surface area (Å²) in [6.45, 7) is 8.24. The van der Waals surface area contributed by atoms with Crippen LogP contribution in [0.25, 0.3) is 0 Å². The molecule has 2 heterocycles. The minimum Gasteiger partial charge on any atom is -0.392 e. The van der Waals surface area contributed by atoms with Gasteiger partial charge in [-0.1, -0.05) is 12.2 Å². The lowest BCUT2D eigenvalue weighted by Gasteiger charge is -2.21. The van der Waals surface area contributed by atoms with Crippen LogP contribution in [0.3, 0.4) is 0 Å². The summed E-state index contributed by atoms with van der Waals surface area (Å²) in [6, 6.07) is 0. The fraction of sp³-hybridized carbons (Fsp3) is 0.714. The molecule has 2 aliphatic rings. The van der Waals surface area contributed by atoms with Crippen molar-refractivity contribution in [3.63, 3.8) is 0 Å². The number of hydrogen-bond acceptors (Lipinski definition) is 4. The largest absolute Gasteiger partial charge is 0.392 e. The summed E-state index contributed by atoms with van der Waals surface area (Å²) in [5.74, 6) is -0.0390. The minimum atomic E-state index is -0.479. The van der Waals surface area contributed by atoms with Crippen molar-refractivity contribution >= 4 is 0 Å². The summed E-state index contributed by atoms with van der Waals surface area (Å²) >= 11 is 0. The lowest BCUT2D eigenvalue weighted by atomic mass is 9.88. The van der Waals surface area contributed by atoms with Gasteiger partial charge < -0.3 is 19.7 Å². The molecule has 0 unspecified atom stereocenters. The van der Waals surface area contributed by atoms with Crippen molar-refractivity contribution < 1.29 is 19.7 Å². The van der Waals surface area contributed by atoms with Crippen LogP contribution in [-0.4, -0.2) is 47.8 Å². The third-order valence-electron chi connectivity index (χ3n) is 3.93. The highest BCUT2D eigenvalue weighted by molar-refractivity contribution is 4.99. The average Bonchev–Trinajstić information content (AvgIpc) is 2.89. The van der Waals surface area contributed by atoms with Crippen molar-refractivity contribution in [1.82, 2.24) is 0 Å². The van der Waals surface area contributed by atoms with E-state index in [2.05, 4.69) is 13.2 Å². The standard InChI is InChI=1S/C14H22O4/c1-3-5-11(15)9-7-17-14-10(8-18-13(9)14)12(16)6-4-2/h3-4,9-16H,1-2,5-8H2/t9-,10+,11-,12+,13-,14-/m1/s1. The van der Waals surface area contributed by atoms with Gasteiger partial charge in [-0.25, -0.2) is 0 Å². The van der Waals surface area contributed by atoms with Gasteiger partial charge in [-0.15, -0.1) is 13.2 Å². The maximum atomic E-state index is 10.0. The third kappa shape index (κ3) is 2.52. The van der Waals surface area contributed by atoms with Gasteiger partial charge in [-0.2, -0.15) is 0 Å². The lowest BCUT2D eigenvalue weighted by molar-refractivity contribution is -0.00113. The second-order valence-corrected chi connectivity index (χ2v) is 5.11. The van der Waals surface area contributed by atoms with Gasteiger partial charge >= 0.3 is 0 Å². The number of aliphatic hydroxyl groups excluding tert-OH is 2. The van der Waals surface area contributed by atoms with Crippen LogP contribution in [0.2, 0.25) is 0 Å². The van der Waals surface area contributed by atoms with Crippen LogP contribution in [0.5, 0.6) is 0 Å². The Labute approximate surface area is 108 Å². The Morgan fingerprint density at radius 3 is 1.67 bits per heavy atom. The molecule has 2 N–H and O–H groups in total. The molecule has 0 radical (unpaired) electrons. The van der Waals surface area contributed by atoms with Crippen molar-refractivity contribution in [3.8, 4) is 0 Å². The Morgan fingerprint density at radius 1 is 0.944 bits per heavy atom. The molecular formula is C14H22O4. The number of rotatable bonds is 6. The molecule has 2 saturated heterocycles. The first-order valence-corrected chi connectivity index (χ1v) is 6.50. The normalized spacial score (nSPS) is 38.1. The first-order chi connectivity index (χ1) is 8.69. The van der Waals surface area contributed by atoms with Gasteiger partial charge in [-0.3, -0.25) is 0 Å². The van der Waals surface area contributed by atoms with Gasteiger partial charge in [0.25, 0.3) is 0 Å². The first-order valence-electron chi connectivity index (χ1n) is 6.50. The average molecular weight is 254 g/mol. The van der Waals surface area contributed by atoms with E-state index in [1.807, 2.05) is 0 Å². The maximum absolute atomic E-state index is 10.0. The second kappa shape index (κ2) is 5.97. The van der Waals surface area contributed by atoms with Gasteiger partial charge in [-0.05, 0) is 12.8 Å². The molecule has 102 valence electrons. The molecule has 4 nitrogen and oxygen atoms in total. The van der Waals surface area contributed by atoms with E-state index in [1.165, 1.54) is 0 Å². The SMILES string of the molecule is C=CC[C@@H](O)[C@H]1CO[C@@H]2[C@H]([C@@H](O)CC=C)CO[C@H]12. The van der Waals surface area contributed by atoms with Gasteiger partial charge in [0, 0.05) is 11.8 Å². The van der Waals surface area contributed by atoms with Crippen molar-refractivity contribution in [2.24, 2.45) is 11.8 Å². The van der Waals surface area contributed by atoms with E-state index in [4.69, 9.17) is 9.47 Å². The Kier molecular flexibility index (Phi) is 4.56. The van der Waals surface area contributed by atoms with Crippen LogP contribution in [0.15, 0.2) is 25.3 Å². The molecular weight excluding hydrogens is 232 g/mol. The summed E-state index contributed by atoms with van der Waals surface area (Å²) in [6.07, 6.45) is 3.32. The van der Waals surface area contributed by atoms with Crippen molar-refractivity contribution in [1.29, 1.82) is 0 Å². The molecule has 0 spiro atoms. The zero-order chi connectivity index (χ0) is 13.1. The van der Waals surface area contributed by atoms with Crippen LogP contribution in [0.4, 0.5) is 0 Å². The lowest BCUT2D eigenvalue weighted by Crippen LogP contribution is -2.35. The fourth-order valence-electron chi connectivity index (χ4n) is 2.91. The molecule has 0 aromatic rings. The van der Waals surface area contributed by atoms with E-state index >= 15 is 0 Å². The predicted molar refractivity (Wildman–Crippen MR) is 68.1 cm³/mol. The molecule has 2 aliphatic heterocycles. The summed E-state index contributed by atoms with van der Waals surface area (Å²) < 4.78 is 11.4. The van der Waals surface area contributed by atoms with Crippen LogP contribution in [0, 0.1) is 11.8 Å². The predicted octanol–water partition coefficient (Wildman–Crippen LogP) is 0.890. The van der Waals surface area contributed by atoms with E-state index in [1.54, 1.807) is 12.2 Å². The second-order valence-electron chi connectivity index (χ2n) is 5.11. The molecule has 6 atom stereocenters. The molecule has 0 aromatic carbocycles. The number of hydrogen-bond donors (Lipinski definition) is 2. The van der Waals surface area contributed by atoms with Crippen LogP contribution in [0.1, 0.15) is 12.8 Å². The van der Waals surface area contributed by atoms with Crippen LogP contribution in [-0.2, 0) is 9.47 Å². The van der Waals surface area contributed by atoms with E-state index in [0.29, 0.717) is 26.1 Å². The molecule has 0 aromatic heterocycles. The van der Waals surface area contributed by atoms with Crippen molar-refractivity contribution in [2.75, 3.05) is 13.2 Å². The van der Waals surface area contributed by atoms with Crippen molar-refractivity contribution in [2.45, 2.75) is 37.3 Å². The minimum absolute atomic E-state index is 0.0195. The van der Waals surface area contributed by atoms with Gasteiger partial charge in [0.05, 0.1) is 37.6 Å². The van der Waals surface area contributed by atoms with Crippen LogP contribution >= 0.6 is 0 Å².